The molecule has 1 amide bonds. The van der Waals surface area contributed by atoms with Gasteiger partial charge in [-0.15, -0.1) is 11.3 Å². The molecule has 1 aromatic carbocycles. The van der Waals surface area contributed by atoms with Crippen molar-refractivity contribution in [1.82, 2.24) is 14.7 Å². The number of amides is 1. The largest absolute Gasteiger partial charge is 0.333 e. The molecular weight excluding hydrogens is 390 g/mol. The van der Waals surface area contributed by atoms with Crippen molar-refractivity contribution in [2.24, 2.45) is 7.05 Å². The van der Waals surface area contributed by atoms with Gasteiger partial charge in [0.25, 0.3) is 0 Å². The lowest BCUT2D eigenvalue weighted by atomic mass is 9.83. The van der Waals surface area contributed by atoms with E-state index in [0.29, 0.717) is 13.1 Å². The van der Waals surface area contributed by atoms with Crippen LogP contribution in [0.4, 0.5) is 0 Å². The van der Waals surface area contributed by atoms with E-state index in [1.165, 1.54) is 17.2 Å². The van der Waals surface area contributed by atoms with Gasteiger partial charge in [-0.2, -0.15) is 5.10 Å². The minimum absolute atomic E-state index is 0.0496. The minimum atomic E-state index is -0.0496. The third-order valence-corrected chi connectivity index (χ3v) is 6.79. The molecule has 4 nitrogen and oxygen atoms in total. The number of benzene rings is 1. The Kier molecular flexibility index (Phi) is 4.89. The summed E-state index contributed by atoms with van der Waals surface area (Å²) in [4.78, 5) is 15.4. The summed E-state index contributed by atoms with van der Waals surface area (Å²) in [5.74, 6) is 0.0120. The van der Waals surface area contributed by atoms with Crippen molar-refractivity contribution in [1.29, 1.82) is 0 Å². The fourth-order valence-electron chi connectivity index (χ4n) is 4.14. The van der Waals surface area contributed by atoms with Crippen LogP contribution in [-0.4, -0.2) is 27.1 Å². The van der Waals surface area contributed by atoms with Crippen molar-refractivity contribution in [3.05, 3.63) is 74.7 Å². The normalized spacial score (nSPS) is 16.1. The second-order valence-corrected chi connectivity index (χ2v) is 8.93. The van der Waals surface area contributed by atoms with E-state index in [-0.39, 0.29) is 11.8 Å². The Morgan fingerprint density at radius 3 is 2.75 bits per heavy atom. The van der Waals surface area contributed by atoms with E-state index >= 15 is 0 Å². The van der Waals surface area contributed by atoms with E-state index in [9.17, 15) is 4.79 Å². The lowest BCUT2D eigenvalue weighted by Crippen LogP contribution is -2.37. The molecule has 1 aliphatic heterocycles. The molecule has 0 unspecified atom stereocenters. The predicted octanol–water partition coefficient (Wildman–Crippen LogP) is 5.08. The van der Waals surface area contributed by atoms with Crippen molar-refractivity contribution in [2.45, 2.75) is 26.3 Å². The van der Waals surface area contributed by atoms with Gasteiger partial charge in [0.15, 0.2) is 0 Å². The number of aryl methyl sites for hydroxylation is 2. The smallest absolute Gasteiger partial charge is 0.246 e. The number of thiophene rings is 1. The fourth-order valence-corrected chi connectivity index (χ4v) is 5.50. The van der Waals surface area contributed by atoms with Crippen molar-refractivity contribution >= 4 is 28.8 Å². The number of hydrogen-bond acceptors (Lipinski definition) is 3. The number of fused-ring (bicyclic) bond motifs is 1. The van der Waals surface area contributed by atoms with Gasteiger partial charge in [-0.25, -0.2) is 0 Å². The molecule has 6 heteroatoms. The van der Waals surface area contributed by atoms with E-state index in [4.69, 9.17) is 11.6 Å². The fraction of sp³-hybridized carbons (Fsp3) is 0.273. The molecule has 0 aliphatic carbocycles. The maximum absolute atomic E-state index is 12.4. The Balaban J connectivity index is 1.89. The van der Waals surface area contributed by atoms with Crippen LogP contribution in [0.1, 0.15) is 33.3 Å². The molecule has 0 saturated heterocycles. The minimum Gasteiger partial charge on any atom is -0.333 e. The van der Waals surface area contributed by atoms with Crippen LogP contribution in [-0.2, 0) is 18.4 Å². The average molecular weight is 412 g/mol. The summed E-state index contributed by atoms with van der Waals surface area (Å²) in [5, 5.41) is 4.60. The number of hydrogen-bond donors (Lipinski definition) is 0. The number of carbonyl (C=O) groups is 1. The summed E-state index contributed by atoms with van der Waals surface area (Å²) >= 11 is 7.91. The molecule has 0 radical (unpaired) electrons. The zero-order chi connectivity index (χ0) is 20.0. The first kappa shape index (κ1) is 19.0. The first-order valence-electron chi connectivity index (χ1n) is 9.19. The van der Waals surface area contributed by atoms with Gasteiger partial charge in [-0.05, 0) is 42.7 Å². The van der Waals surface area contributed by atoms with Gasteiger partial charge in [-0.1, -0.05) is 42.4 Å². The summed E-state index contributed by atoms with van der Waals surface area (Å²) in [6, 6.07) is 10.5. The van der Waals surface area contributed by atoms with E-state index in [1.54, 1.807) is 11.3 Å². The molecule has 2 aromatic heterocycles. The van der Waals surface area contributed by atoms with Crippen LogP contribution in [0, 0.1) is 13.8 Å². The zero-order valence-corrected chi connectivity index (χ0v) is 17.8. The van der Waals surface area contributed by atoms with Gasteiger partial charge in [0.05, 0.1) is 16.6 Å². The predicted molar refractivity (Wildman–Crippen MR) is 115 cm³/mol. The molecular formula is C22H22ClN3OS. The van der Waals surface area contributed by atoms with E-state index in [0.717, 1.165) is 31.7 Å². The van der Waals surface area contributed by atoms with Gasteiger partial charge in [0.2, 0.25) is 5.91 Å². The number of halogens is 1. The van der Waals surface area contributed by atoms with Gasteiger partial charge < -0.3 is 4.90 Å². The third kappa shape index (κ3) is 3.09. The van der Waals surface area contributed by atoms with Crippen molar-refractivity contribution in [3.8, 4) is 11.1 Å². The van der Waals surface area contributed by atoms with E-state index < -0.39 is 0 Å². The molecule has 0 N–H and O–H groups in total. The molecule has 1 aliphatic rings. The van der Waals surface area contributed by atoms with Crippen molar-refractivity contribution in [3.63, 3.8) is 0 Å². The summed E-state index contributed by atoms with van der Waals surface area (Å²) < 4.78 is 2.68. The molecule has 0 spiro atoms. The number of nitrogens with zero attached hydrogens (tertiary/aromatic N) is 3. The molecule has 3 aromatic rings. The van der Waals surface area contributed by atoms with Crippen LogP contribution in [0.5, 0.6) is 0 Å². The van der Waals surface area contributed by atoms with Gasteiger partial charge in [-0.3, -0.25) is 9.48 Å². The molecule has 4 rings (SSSR count). The molecule has 0 saturated carbocycles. The first-order valence-corrected chi connectivity index (χ1v) is 10.4. The standard InChI is InChI=1S/C22H22ClN3OS/c1-5-21(27)26-11-18(17-10-20(23)28-19(17)12-26)15-8-6-7-9-16(15)22-13(2)24-25(4)14(22)3/h5-10,18H,1,11-12H2,2-4H3/t18-/m1/s1. The Hall–Kier alpha value is -2.37. The summed E-state index contributed by atoms with van der Waals surface area (Å²) in [6.07, 6.45) is 1.39. The van der Waals surface area contributed by atoms with Crippen LogP contribution in [0.15, 0.2) is 43.0 Å². The summed E-state index contributed by atoms with van der Waals surface area (Å²) in [7, 11) is 1.97. The summed E-state index contributed by atoms with van der Waals surface area (Å²) in [5.41, 5.74) is 6.87. The number of rotatable bonds is 3. The molecule has 0 bridgehead atoms. The third-order valence-electron chi connectivity index (χ3n) is 5.53. The molecule has 28 heavy (non-hydrogen) atoms. The lowest BCUT2D eigenvalue weighted by molar-refractivity contribution is -0.127. The Morgan fingerprint density at radius 2 is 2.07 bits per heavy atom. The molecule has 1 atom stereocenters. The lowest BCUT2D eigenvalue weighted by Gasteiger charge is -2.33. The van der Waals surface area contributed by atoms with Gasteiger partial charge in [0, 0.05) is 35.6 Å². The van der Waals surface area contributed by atoms with Crippen molar-refractivity contribution < 1.29 is 4.79 Å². The topological polar surface area (TPSA) is 38.1 Å². The maximum Gasteiger partial charge on any atom is 0.246 e. The number of carbonyl (C=O) groups excluding carboxylic acids is 1. The highest BCUT2D eigenvalue weighted by Crippen LogP contribution is 2.43. The van der Waals surface area contributed by atoms with Crippen LogP contribution < -0.4 is 0 Å². The molecule has 0 fully saturated rings. The average Bonchev–Trinajstić information content (AvgIpc) is 3.18. The van der Waals surface area contributed by atoms with Crippen LogP contribution in [0.3, 0.4) is 0 Å². The van der Waals surface area contributed by atoms with Crippen molar-refractivity contribution in [2.75, 3.05) is 6.54 Å². The summed E-state index contributed by atoms with van der Waals surface area (Å²) in [6.45, 7) is 8.99. The van der Waals surface area contributed by atoms with Gasteiger partial charge >= 0.3 is 0 Å². The van der Waals surface area contributed by atoms with E-state index in [1.807, 2.05) is 23.6 Å². The second-order valence-electron chi connectivity index (χ2n) is 7.16. The zero-order valence-electron chi connectivity index (χ0n) is 16.2. The Morgan fingerprint density at radius 1 is 1.32 bits per heavy atom. The van der Waals surface area contributed by atoms with Crippen LogP contribution in [0.25, 0.3) is 11.1 Å². The van der Waals surface area contributed by atoms with Gasteiger partial charge in [0.1, 0.15) is 0 Å². The highest BCUT2D eigenvalue weighted by Gasteiger charge is 2.32. The van der Waals surface area contributed by atoms with E-state index in [2.05, 4.69) is 48.9 Å². The highest BCUT2D eigenvalue weighted by molar-refractivity contribution is 7.16. The quantitative estimate of drug-likeness (QED) is 0.564. The first-order chi connectivity index (χ1) is 13.4. The second kappa shape index (κ2) is 7.22. The monoisotopic (exact) mass is 411 g/mol. The maximum atomic E-state index is 12.4. The SMILES string of the molecule is C=CC(=O)N1Cc2sc(Cl)cc2[C@@H](c2ccccc2-c2c(C)nn(C)c2C)C1. The molecule has 3 heterocycles. The Labute approximate surface area is 174 Å². The van der Waals surface area contributed by atoms with Crippen LogP contribution in [0.2, 0.25) is 4.34 Å². The van der Waals surface area contributed by atoms with Crippen LogP contribution >= 0.6 is 22.9 Å². The highest BCUT2D eigenvalue weighted by atomic mass is 35.5. The molecule has 144 valence electrons. The number of aromatic nitrogens is 2. The Bertz CT molecular complexity index is 1080.